The predicted molar refractivity (Wildman–Crippen MR) is 84.1 cm³/mol. The number of rotatable bonds is 4. The minimum Gasteiger partial charge on any atom is -0.493 e. The maximum Gasteiger partial charge on any atom is 0.162 e. The highest BCUT2D eigenvalue weighted by atomic mass is 16.5. The van der Waals surface area contributed by atoms with Crippen molar-refractivity contribution in [2.75, 3.05) is 26.1 Å². The first-order valence-electron chi connectivity index (χ1n) is 7.39. The summed E-state index contributed by atoms with van der Waals surface area (Å²) in [4.78, 5) is 0. The molecule has 1 atom stereocenters. The second kappa shape index (κ2) is 6.27. The molecule has 1 aromatic heterocycles. The van der Waals surface area contributed by atoms with E-state index in [4.69, 9.17) is 19.9 Å². The van der Waals surface area contributed by atoms with Gasteiger partial charge in [0.15, 0.2) is 11.5 Å². The number of hydrogen-bond donors (Lipinski definition) is 1. The molecule has 0 spiro atoms. The van der Waals surface area contributed by atoms with Crippen LogP contribution in [0, 0.1) is 0 Å². The molecule has 1 aliphatic heterocycles. The lowest BCUT2D eigenvalue weighted by molar-refractivity contribution is 0.00646. The van der Waals surface area contributed by atoms with Gasteiger partial charge in [-0.25, -0.2) is 0 Å². The predicted octanol–water partition coefficient (Wildman–Crippen LogP) is 2.24. The molecule has 0 radical (unpaired) electrons. The number of anilines is 1. The van der Waals surface area contributed by atoms with E-state index in [9.17, 15) is 0 Å². The van der Waals surface area contributed by atoms with Gasteiger partial charge in [0.2, 0.25) is 0 Å². The molecule has 2 heterocycles. The van der Waals surface area contributed by atoms with Gasteiger partial charge < -0.3 is 19.9 Å². The van der Waals surface area contributed by atoms with Crippen LogP contribution in [-0.4, -0.2) is 36.2 Å². The number of ether oxygens (including phenoxy) is 3. The Morgan fingerprint density at radius 1 is 1.36 bits per heavy atom. The van der Waals surface area contributed by atoms with Gasteiger partial charge >= 0.3 is 0 Å². The van der Waals surface area contributed by atoms with Gasteiger partial charge in [-0.2, -0.15) is 5.10 Å². The number of methoxy groups -OCH3 is 1. The second-order valence-corrected chi connectivity index (χ2v) is 5.39. The normalized spacial score (nSPS) is 18.2. The van der Waals surface area contributed by atoms with Crippen LogP contribution < -0.4 is 15.2 Å². The Bertz CT molecular complexity index is 648. The van der Waals surface area contributed by atoms with Gasteiger partial charge in [0.25, 0.3) is 0 Å². The van der Waals surface area contributed by atoms with E-state index in [-0.39, 0.29) is 6.10 Å². The summed E-state index contributed by atoms with van der Waals surface area (Å²) in [5.74, 6) is 2.03. The van der Waals surface area contributed by atoms with Crippen molar-refractivity contribution in [1.29, 1.82) is 0 Å². The summed E-state index contributed by atoms with van der Waals surface area (Å²) in [6.45, 7) is 1.42. The smallest absolute Gasteiger partial charge is 0.162 e. The van der Waals surface area contributed by atoms with Crippen molar-refractivity contribution in [3.8, 4) is 22.6 Å². The van der Waals surface area contributed by atoms with E-state index < -0.39 is 0 Å². The molecule has 118 valence electrons. The Labute approximate surface area is 129 Å². The fourth-order valence-electron chi connectivity index (χ4n) is 2.59. The van der Waals surface area contributed by atoms with Crippen LogP contribution in [0.3, 0.4) is 0 Å². The fourth-order valence-corrected chi connectivity index (χ4v) is 2.59. The summed E-state index contributed by atoms with van der Waals surface area (Å²) in [5, 5.41) is 4.18. The first-order valence-corrected chi connectivity index (χ1v) is 7.39. The van der Waals surface area contributed by atoms with Gasteiger partial charge in [-0.3, -0.25) is 4.68 Å². The lowest BCUT2D eigenvalue weighted by atomic mass is 10.1. The number of nitrogen functional groups attached to an aromatic ring is 1. The van der Waals surface area contributed by atoms with Gasteiger partial charge in [-0.05, 0) is 30.5 Å². The Morgan fingerprint density at radius 2 is 2.23 bits per heavy atom. The van der Waals surface area contributed by atoms with Crippen LogP contribution in [0.15, 0.2) is 24.4 Å². The number of aromatic nitrogens is 2. The lowest BCUT2D eigenvalue weighted by Crippen LogP contribution is -2.28. The van der Waals surface area contributed by atoms with Crippen LogP contribution in [0.4, 0.5) is 5.82 Å². The van der Waals surface area contributed by atoms with Crippen molar-refractivity contribution < 1.29 is 14.2 Å². The number of nitrogens with zero attached hydrogens (tertiary/aromatic N) is 2. The molecule has 1 saturated heterocycles. The first-order chi connectivity index (χ1) is 10.7. The van der Waals surface area contributed by atoms with Crippen LogP contribution >= 0.6 is 0 Å². The highest BCUT2D eigenvalue weighted by Crippen LogP contribution is 2.35. The van der Waals surface area contributed by atoms with Crippen LogP contribution in [-0.2, 0) is 11.8 Å². The molecule has 2 N–H and O–H groups in total. The van der Waals surface area contributed by atoms with Gasteiger partial charge in [0.05, 0.1) is 19.9 Å². The Morgan fingerprint density at radius 3 is 2.86 bits per heavy atom. The monoisotopic (exact) mass is 303 g/mol. The van der Waals surface area contributed by atoms with E-state index in [1.807, 2.05) is 25.2 Å². The standard InChI is InChI=1S/C16H21N3O3/c1-19-16(17)13(9-18-19)11-5-6-14(20-2)15(8-11)22-12-4-3-7-21-10-12/h5-6,8-9,12H,3-4,7,10,17H2,1-2H3. The molecular formula is C16H21N3O3. The third-order valence-corrected chi connectivity index (χ3v) is 3.87. The van der Waals surface area contributed by atoms with E-state index >= 15 is 0 Å². The first kappa shape index (κ1) is 14.7. The van der Waals surface area contributed by atoms with Crippen molar-refractivity contribution >= 4 is 5.82 Å². The van der Waals surface area contributed by atoms with E-state index in [1.165, 1.54) is 0 Å². The van der Waals surface area contributed by atoms with E-state index in [1.54, 1.807) is 18.0 Å². The van der Waals surface area contributed by atoms with Crippen LogP contribution in [0.25, 0.3) is 11.1 Å². The Kier molecular flexibility index (Phi) is 4.20. The average Bonchev–Trinajstić information content (AvgIpc) is 2.88. The molecule has 1 aromatic carbocycles. The lowest BCUT2D eigenvalue weighted by Gasteiger charge is -2.24. The third kappa shape index (κ3) is 2.87. The third-order valence-electron chi connectivity index (χ3n) is 3.87. The van der Waals surface area contributed by atoms with Crippen molar-refractivity contribution in [2.45, 2.75) is 18.9 Å². The summed E-state index contributed by atoms with van der Waals surface area (Å²) >= 11 is 0. The minimum absolute atomic E-state index is 0.0594. The highest BCUT2D eigenvalue weighted by molar-refractivity contribution is 5.75. The molecule has 1 aliphatic rings. The van der Waals surface area contributed by atoms with Crippen LogP contribution in [0.2, 0.25) is 0 Å². The average molecular weight is 303 g/mol. The topological polar surface area (TPSA) is 71.5 Å². The summed E-state index contributed by atoms with van der Waals surface area (Å²) in [6, 6.07) is 5.79. The van der Waals surface area contributed by atoms with Crippen molar-refractivity contribution in [2.24, 2.45) is 7.05 Å². The number of nitrogens with two attached hydrogens (primary N) is 1. The number of benzene rings is 1. The molecule has 6 nitrogen and oxygen atoms in total. The molecule has 1 unspecified atom stereocenters. The van der Waals surface area contributed by atoms with E-state index in [2.05, 4.69) is 5.10 Å². The molecule has 0 bridgehead atoms. The Balaban J connectivity index is 1.90. The zero-order valence-electron chi connectivity index (χ0n) is 12.9. The second-order valence-electron chi connectivity index (χ2n) is 5.39. The molecule has 22 heavy (non-hydrogen) atoms. The molecule has 0 amide bonds. The summed E-state index contributed by atoms with van der Waals surface area (Å²) in [5.41, 5.74) is 7.89. The maximum atomic E-state index is 6.07. The number of hydrogen-bond acceptors (Lipinski definition) is 5. The summed E-state index contributed by atoms with van der Waals surface area (Å²) < 4.78 is 18.6. The van der Waals surface area contributed by atoms with Crippen molar-refractivity contribution in [3.63, 3.8) is 0 Å². The van der Waals surface area contributed by atoms with E-state index in [0.717, 1.165) is 30.6 Å². The largest absolute Gasteiger partial charge is 0.493 e. The molecule has 6 heteroatoms. The minimum atomic E-state index is 0.0594. The van der Waals surface area contributed by atoms with Crippen LogP contribution in [0.5, 0.6) is 11.5 Å². The maximum absolute atomic E-state index is 6.07. The van der Waals surface area contributed by atoms with Gasteiger partial charge in [-0.1, -0.05) is 6.07 Å². The summed E-state index contributed by atoms with van der Waals surface area (Å²) in [6.07, 6.45) is 3.82. The van der Waals surface area contributed by atoms with Crippen LogP contribution in [0.1, 0.15) is 12.8 Å². The molecular weight excluding hydrogens is 282 g/mol. The SMILES string of the molecule is COc1ccc(-c2cnn(C)c2N)cc1OC1CCCOC1. The zero-order chi connectivity index (χ0) is 15.5. The molecule has 3 rings (SSSR count). The van der Waals surface area contributed by atoms with Crippen molar-refractivity contribution in [3.05, 3.63) is 24.4 Å². The molecule has 1 fully saturated rings. The van der Waals surface area contributed by atoms with Gasteiger partial charge in [0, 0.05) is 19.2 Å². The zero-order valence-corrected chi connectivity index (χ0v) is 12.9. The molecule has 0 saturated carbocycles. The molecule has 2 aromatic rings. The molecule has 0 aliphatic carbocycles. The van der Waals surface area contributed by atoms with Gasteiger partial charge in [-0.15, -0.1) is 0 Å². The summed E-state index contributed by atoms with van der Waals surface area (Å²) in [7, 11) is 3.46. The van der Waals surface area contributed by atoms with Gasteiger partial charge in [0.1, 0.15) is 11.9 Å². The number of aryl methyl sites for hydroxylation is 1. The fraction of sp³-hybridized carbons (Fsp3) is 0.438. The quantitative estimate of drug-likeness (QED) is 0.938. The Hall–Kier alpha value is -2.21. The highest BCUT2D eigenvalue weighted by Gasteiger charge is 2.18. The van der Waals surface area contributed by atoms with Crippen molar-refractivity contribution in [1.82, 2.24) is 9.78 Å². The van der Waals surface area contributed by atoms with E-state index in [0.29, 0.717) is 23.9 Å².